The van der Waals surface area contributed by atoms with Crippen LogP contribution < -0.4 is 11.1 Å². The van der Waals surface area contributed by atoms with Crippen LogP contribution in [0.3, 0.4) is 0 Å². The molecule has 1 amide bonds. The fourth-order valence-corrected chi connectivity index (χ4v) is 3.71. The number of carbonyl (C=O) groups excluding carboxylic acids is 1. The van der Waals surface area contributed by atoms with Crippen molar-refractivity contribution in [2.75, 3.05) is 11.9 Å². The number of piperidine rings is 1. The van der Waals surface area contributed by atoms with Crippen LogP contribution in [0.2, 0.25) is 0 Å². The molecule has 1 aromatic carbocycles. The zero-order valence-electron chi connectivity index (χ0n) is 12.2. The summed E-state index contributed by atoms with van der Waals surface area (Å²) in [5.74, 6) is 0.839. The highest BCUT2D eigenvalue weighted by Crippen LogP contribution is 2.38. The Bertz CT molecular complexity index is 574. The second kappa shape index (κ2) is 5.73. The summed E-state index contributed by atoms with van der Waals surface area (Å²) in [4.78, 5) is 15.1. The summed E-state index contributed by atoms with van der Waals surface area (Å²) < 4.78 is 0. The standard InChI is InChI=1S/C16H21N3OS/c1-10(19-9-11-5-6-14(19)7-11)16(20)18-13-4-2-3-12(8-13)15(17)21/h2-4,8,10-11,14H,5-7,9H2,1H3,(H2,17,21)(H,18,20). The van der Waals surface area contributed by atoms with Crippen molar-refractivity contribution in [3.8, 4) is 0 Å². The van der Waals surface area contributed by atoms with Crippen LogP contribution >= 0.6 is 12.2 Å². The van der Waals surface area contributed by atoms with Gasteiger partial charge >= 0.3 is 0 Å². The number of nitrogens with two attached hydrogens (primary N) is 1. The molecule has 0 radical (unpaired) electrons. The lowest BCUT2D eigenvalue weighted by atomic mass is 10.1. The number of nitrogens with zero attached hydrogens (tertiary/aromatic N) is 1. The van der Waals surface area contributed by atoms with E-state index in [2.05, 4.69) is 10.2 Å². The van der Waals surface area contributed by atoms with Crippen molar-refractivity contribution in [3.63, 3.8) is 0 Å². The maximum atomic E-state index is 12.4. The van der Waals surface area contributed by atoms with Gasteiger partial charge in [-0.05, 0) is 44.2 Å². The molecule has 3 N–H and O–H groups in total. The van der Waals surface area contributed by atoms with Crippen molar-refractivity contribution in [2.45, 2.75) is 38.3 Å². The van der Waals surface area contributed by atoms with Gasteiger partial charge in [0.2, 0.25) is 5.91 Å². The zero-order chi connectivity index (χ0) is 15.0. The second-order valence-corrected chi connectivity index (χ2v) is 6.58. The topological polar surface area (TPSA) is 58.4 Å². The molecule has 1 aliphatic carbocycles. The van der Waals surface area contributed by atoms with E-state index in [1.807, 2.05) is 31.2 Å². The van der Waals surface area contributed by atoms with E-state index in [0.29, 0.717) is 11.0 Å². The first-order valence-electron chi connectivity index (χ1n) is 7.51. The van der Waals surface area contributed by atoms with Crippen molar-refractivity contribution in [1.82, 2.24) is 4.90 Å². The van der Waals surface area contributed by atoms with Crippen molar-refractivity contribution in [2.24, 2.45) is 11.7 Å². The molecule has 5 heteroatoms. The molecule has 1 aliphatic heterocycles. The number of nitrogens with one attached hydrogen (secondary N) is 1. The minimum Gasteiger partial charge on any atom is -0.389 e. The molecule has 21 heavy (non-hydrogen) atoms. The van der Waals surface area contributed by atoms with Gasteiger partial charge in [-0.3, -0.25) is 9.69 Å². The Hall–Kier alpha value is -1.46. The lowest BCUT2D eigenvalue weighted by Gasteiger charge is -2.31. The summed E-state index contributed by atoms with van der Waals surface area (Å²) in [5, 5.41) is 2.98. The molecule has 2 bridgehead atoms. The molecular weight excluding hydrogens is 282 g/mol. The summed E-state index contributed by atoms with van der Waals surface area (Å²) in [6.45, 7) is 3.06. The highest BCUT2D eigenvalue weighted by Gasteiger charge is 2.41. The molecule has 3 unspecified atom stereocenters. The first kappa shape index (κ1) is 14.5. The van der Waals surface area contributed by atoms with Gasteiger partial charge in [0.25, 0.3) is 0 Å². The van der Waals surface area contributed by atoms with Gasteiger partial charge in [-0.1, -0.05) is 24.4 Å². The summed E-state index contributed by atoms with van der Waals surface area (Å²) in [5.41, 5.74) is 7.15. The Morgan fingerprint density at radius 3 is 2.90 bits per heavy atom. The molecule has 0 aromatic heterocycles. The Labute approximate surface area is 130 Å². The molecule has 1 saturated heterocycles. The fourth-order valence-electron chi connectivity index (χ4n) is 3.58. The average Bonchev–Trinajstić information content (AvgIpc) is 3.09. The van der Waals surface area contributed by atoms with Crippen LogP contribution in [-0.4, -0.2) is 34.4 Å². The van der Waals surface area contributed by atoms with Crippen molar-refractivity contribution >= 4 is 28.8 Å². The summed E-state index contributed by atoms with van der Waals surface area (Å²) >= 11 is 4.97. The van der Waals surface area contributed by atoms with E-state index in [0.717, 1.165) is 23.7 Å². The molecule has 2 fully saturated rings. The van der Waals surface area contributed by atoms with E-state index >= 15 is 0 Å². The monoisotopic (exact) mass is 303 g/mol. The van der Waals surface area contributed by atoms with Crippen molar-refractivity contribution in [3.05, 3.63) is 29.8 Å². The Morgan fingerprint density at radius 2 is 2.29 bits per heavy atom. The summed E-state index contributed by atoms with van der Waals surface area (Å²) in [6.07, 6.45) is 3.82. The molecule has 1 aromatic rings. The number of amides is 1. The minimum atomic E-state index is -0.0891. The van der Waals surface area contributed by atoms with Crippen LogP contribution in [-0.2, 0) is 4.79 Å². The van der Waals surface area contributed by atoms with Gasteiger partial charge in [-0.2, -0.15) is 0 Å². The lowest BCUT2D eigenvalue weighted by molar-refractivity contribution is -0.121. The first-order chi connectivity index (χ1) is 10.0. The molecule has 1 heterocycles. The molecule has 3 atom stereocenters. The molecule has 4 nitrogen and oxygen atoms in total. The van der Waals surface area contributed by atoms with Gasteiger partial charge < -0.3 is 11.1 Å². The van der Waals surface area contributed by atoms with Crippen LogP contribution in [0.4, 0.5) is 5.69 Å². The highest BCUT2D eigenvalue weighted by atomic mass is 32.1. The van der Waals surface area contributed by atoms with Crippen LogP contribution in [0.1, 0.15) is 31.7 Å². The van der Waals surface area contributed by atoms with Gasteiger partial charge in [0.15, 0.2) is 0 Å². The van der Waals surface area contributed by atoms with E-state index in [1.165, 1.54) is 19.3 Å². The minimum absolute atomic E-state index is 0.0441. The van der Waals surface area contributed by atoms with Crippen molar-refractivity contribution in [1.29, 1.82) is 0 Å². The molecule has 1 saturated carbocycles. The van der Waals surface area contributed by atoms with Crippen molar-refractivity contribution < 1.29 is 4.79 Å². The Morgan fingerprint density at radius 1 is 1.48 bits per heavy atom. The highest BCUT2D eigenvalue weighted by molar-refractivity contribution is 7.80. The number of fused-ring (bicyclic) bond motifs is 2. The number of hydrogen-bond acceptors (Lipinski definition) is 3. The molecule has 2 aliphatic rings. The van der Waals surface area contributed by atoms with Gasteiger partial charge in [0.1, 0.15) is 4.99 Å². The second-order valence-electron chi connectivity index (χ2n) is 6.14. The SMILES string of the molecule is CC(C(=O)Nc1cccc(C(N)=S)c1)N1CC2CCC1C2. The molecule has 0 spiro atoms. The largest absolute Gasteiger partial charge is 0.389 e. The lowest BCUT2D eigenvalue weighted by Crippen LogP contribution is -2.46. The van der Waals surface area contributed by atoms with Crippen LogP contribution in [0.5, 0.6) is 0 Å². The number of hydrogen-bond donors (Lipinski definition) is 2. The normalized spacial score (nSPS) is 25.8. The molecule has 3 rings (SSSR count). The number of thiocarbonyl (C=S) groups is 1. The fraction of sp³-hybridized carbons (Fsp3) is 0.500. The van der Waals surface area contributed by atoms with E-state index in [1.54, 1.807) is 0 Å². The number of benzene rings is 1. The Kier molecular flexibility index (Phi) is 3.95. The third kappa shape index (κ3) is 2.94. The maximum absolute atomic E-state index is 12.4. The number of carbonyl (C=O) groups is 1. The van der Waals surface area contributed by atoms with E-state index < -0.39 is 0 Å². The maximum Gasteiger partial charge on any atom is 0.241 e. The third-order valence-corrected chi connectivity index (χ3v) is 4.98. The van der Waals surface area contributed by atoms with Gasteiger partial charge in [-0.25, -0.2) is 0 Å². The first-order valence-corrected chi connectivity index (χ1v) is 7.92. The number of rotatable bonds is 4. The van der Waals surface area contributed by atoms with Crippen LogP contribution in [0.15, 0.2) is 24.3 Å². The Balaban J connectivity index is 1.66. The predicted molar refractivity (Wildman–Crippen MR) is 88.3 cm³/mol. The van der Waals surface area contributed by atoms with E-state index in [4.69, 9.17) is 18.0 Å². The van der Waals surface area contributed by atoms with Gasteiger partial charge in [-0.15, -0.1) is 0 Å². The smallest absolute Gasteiger partial charge is 0.241 e. The predicted octanol–water partition coefficient (Wildman–Crippen LogP) is 2.13. The zero-order valence-corrected chi connectivity index (χ0v) is 13.0. The number of anilines is 1. The number of likely N-dealkylation sites (tertiary alicyclic amines) is 1. The quantitative estimate of drug-likeness (QED) is 0.837. The van der Waals surface area contributed by atoms with Gasteiger partial charge in [0.05, 0.1) is 6.04 Å². The summed E-state index contributed by atoms with van der Waals surface area (Å²) in [7, 11) is 0. The van der Waals surface area contributed by atoms with Gasteiger partial charge in [0, 0.05) is 23.8 Å². The van der Waals surface area contributed by atoms with Crippen LogP contribution in [0.25, 0.3) is 0 Å². The van der Waals surface area contributed by atoms with E-state index in [-0.39, 0.29) is 11.9 Å². The third-order valence-electron chi connectivity index (χ3n) is 4.74. The van der Waals surface area contributed by atoms with Crippen LogP contribution in [0, 0.1) is 5.92 Å². The average molecular weight is 303 g/mol. The van der Waals surface area contributed by atoms with E-state index in [9.17, 15) is 4.79 Å². The molecular formula is C16H21N3OS. The molecule has 112 valence electrons. The summed E-state index contributed by atoms with van der Waals surface area (Å²) in [6, 6.07) is 7.89.